The average molecular weight is 401 g/mol. The SMILES string of the molecule is Cc1nc2c3ccccc3nc(NCc3ccccc3CN3CCCC(C)C3)n2n1. The van der Waals surface area contributed by atoms with Gasteiger partial charge in [-0.1, -0.05) is 43.3 Å². The van der Waals surface area contributed by atoms with E-state index >= 15 is 0 Å². The Morgan fingerprint density at radius 1 is 1.03 bits per heavy atom. The second kappa shape index (κ2) is 8.03. The molecule has 0 aliphatic carbocycles. The molecule has 5 rings (SSSR count). The lowest BCUT2D eigenvalue weighted by atomic mass is 9.99. The number of aromatic nitrogens is 4. The normalized spacial score (nSPS) is 17.6. The van der Waals surface area contributed by atoms with E-state index in [-0.39, 0.29) is 0 Å². The molecule has 30 heavy (non-hydrogen) atoms. The standard InChI is InChI=1S/C24H28N6/c1-17-8-7-13-29(15-17)16-20-10-4-3-9-19(20)14-25-24-27-22-12-6-5-11-21(22)23-26-18(2)28-30(23)24/h3-6,9-12,17H,7-8,13-16H2,1-2H3,(H,25,27). The molecular formula is C24H28N6. The van der Waals surface area contributed by atoms with Crippen LogP contribution in [0.2, 0.25) is 0 Å². The maximum absolute atomic E-state index is 4.83. The highest BCUT2D eigenvalue weighted by Crippen LogP contribution is 2.22. The zero-order valence-electron chi connectivity index (χ0n) is 17.7. The molecule has 1 aliphatic heterocycles. The Labute approximate surface area is 177 Å². The van der Waals surface area contributed by atoms with Crippen molar-refractivity contribution in [2.24, 2.45) is 5.92 Å². The zero-order chi connectivity index (χ0) is 20.5. The summed E-state index contributed by atoms with van der Waals surface area (Å²) in [5.41, 5.74) is 4.45. The molecule has 2 aromatic heterocycles. The van der Waals surface area contributed by atoms with Crippen LogP contribution < -0.4 is 5.32 Å². The number of rotatable bonds is 5. The number of aryl methyl sites for hydroxylation is 1. The summed E-state index contributed by atoms with van der Waals surface area (Å²) < 4.78 is 1.83. The van der Waals surface area contributed by atoms with Gasteiger partial charge in [0.05, 0.1) is 5.52 Å². The predicted octanol–water partition coefficient (Wildman–Crippen LogP) is 4.43. The van der Waals surface area contributed by atoms with Crippen LogP contribution in [-0.4, -0.2) is 37.6 Å². The Bertz CT molecular complexity index is 1180. The highest BCUT2D eigenvalue weighted by molar-refractivity contribution is 5.92. The highest BCUT2D eigenvalue weighted by Gasteiger charge is 2.17. The van der Waals surface area contributed by atoms with Crippen molar-refractivity contribution in [3.8, 4) is 0 Å². The first-order valence-electron chi connectivity index (χ1n) is 10.8. The second-order valence-corrected chi connectivity index (χ2v) is 8.45. The van der Waals surface area contributed by atoms with E-state index in [1.807, 2.05) is 35.7 Å². The van der Waals surface area contributed by atoms with Crippen LogP contribution in [0.1, 0.15) is 36.7 Å². The first-order valence-corrected chi connectivity index (χ1v) is 10.8. The van der Waals surface area contributed by atoms with E-state index in [9.17, 15) is 0 Å². The monoisotopic (exact) mass is 400 g/mol. The van der Waals surface area contributed by atoms with E-state index < -0.39 is 0 Å². The smallest absolute Gasteiger partial charge is 0.226 e. The molecule has 6 nitrogen and oxygen atoms in total. The third kappa shape index (κ3) is 3.75. The Morgan fingerprint density at radius 3 is 2.70 bits per heavy atom. The van der Waals surface area contributed by atoms with Gasteiger partial charge < -0.3 is 5.32 Å². The molecule has 1 aliphatic rings. The van der Waals surface area contributed by atoms with Gasteiger partial charge in [-0.05, 0) is 55.5 Å². The van der Waals surface area contributed by atoms with Crippen molar-refractivity contribution in [2.45, 2.75) is 39.8 Å². The molecule has 6 heteroatoms. The molecule has 0 amide bonds. The van der Waals surface area contributed by atoms with Crippen molar-refractivity contribution in [1.29, 1.82) is 0 Å². The third-order valence-corrected chi connectivity index (χ3v) is 5.98. The molecule has 0 saturated carbocycles. The minimum atomic E-state index is 0.707. The number of nitrogens with one attached hydrogen (secondary N) is 1. The maximum Gasteiger partial charge on any atom is 0.226 e. The van der Waals surface area contributed by atoms with Gasteiger partial charge in [0, 0.05) is 25.0 Å². The third-order valence-electron chi connectivity index (χ3n) is 5.98. The second-order valence-electron chi connectivity index (χ2n) is 8.45. The number of para-hydroxylation sites is 1. The van der Waals surface area contributed by atoms with E-state index in [4.69, 9.17) is 4.98 Å². The number of likely N-dealkylation sites (tertiary alicyclic amines) is 1. The van der Waals surface area contributed by atoms with Crippen molar-refractivity contribution < 1.29 is 0 Å². The predicted molar refractivity (Wildman–Crippen MR) is 120 cm³/mol. The van der Waals surface area contributed by atoms with Crippen LogP contribution in [0.15, 0.2) is 48.5 Å². The lowest BCUT2D eigenvalue weighted by Crippen LogP contribution is -2.34. The van der Waals surface area contributed by atoms with Gasteiger partial charge in [0.2, 0.25) is 5.95 Å². The quantitative estimate of drug-likeness (QED) is 0.537. The fourth-order valence-electron chi connectivity index (χ4n) is 4.50. The fourth-order valence-corrected chi connectivity index (χ4v) is 4.50. The van der Waals surface area contributed by atoms with Gasteiger partial charge in [0.1, 0.15) is 5.82 Å². The molecule has 154 valence electrons. The van der Waals surface area contributed by atoms with Gasteiger partial charge in [-0.2, -0.15) is 4.52 Å². The maximum atomic E-state index is 4.83. The molecule has 1 atom stereocenters. The summed E-state index contributed by atoms with van der Waals surface area (Å²) in [5.74, 6) is 2.26. The van der Waals surface area contributed by atoms with E-state index in [1.165, 1.54) is 37.1 Å². The highest BCUT2D eigenvalue weighted by atomic mass is 15.4. The summed E-state index contributed by atoms with van der Waals surface area (Å²) in [6.45, 7) is 8.37. The molecule has 0 radical (unpaired) electrons. The Kier molecular flexibility index (Phi) is 5.09. The zero-order valence-corrected chi connectivity index (χ0v) is 17.7. The molecule has 1 fully saturated rings. The summed E-state index contributed by atoms with van der Waals surface area (Å²) in [6.07, 6.45) is 2.65. The van der Waals surface area contributed by atoms with E-state index in [0.29, 0.717) is 6.54 Å². The number of anilines is 1. The van der Waals surface area contributed by atoms with Crippen molar-refractivity contribution in [2.75, 3.05) is 18.4 Å². The fraction of sp³-hybridized carbons (Fsp3) is 0.375. The van der Waals surface area contributed by atoms with Gasteiger partial charge in [-0.3, -0.25) is 4.90 Å². The van der Waals surface area contributed by atoms with E-state index in [2.05, 4.69) is 51.5 Å². The van der Waals surface area contributed by atoms with Gasteiger partial charge >= 0.3 is 0 Å². The van der Waals surface area contributed by atoms with Crippen LogP contribution in [-0.2, 0) is 13.1 Å². The minimum Gasteiger partial charge on any atom is -0.350 e. The van der Waals surface area contributed by atoms with Crippen LogP contribution in [0.3, 0.4) is 0 Å². The first-order chi connectivity index (χ1) is 14.7. The molecule has 1 saturated heterocycles. The molecule has 3 heterocycles. The Hall–Kier alpha value is -2.99. The lowest BCUT2D eigenvalue weighted by molar-refractivity contribution is 0.176. The number of nitrogens with zero attached hydrogens (tertiary/aromatic N) is 5. The first kappa shape index (κ1) is 19.0. The molecule has 0 bridgehead atoms. The summed E-state index contributed by atoms with van der Waals surface area (Å²) in [5, 5.41) is 9.12. The van der Waals surface area contributed by atoms with Crippen LogP contribution in [0.4, 0.5) is 5.95 Å². The number of benzene rings is 2. The van der Waals surface area contributed by atoms with Crippen LogP contribution in [0.25, 0.3) is 16.6 Å². The van der Waals surface area contributed by atoms with Crippen molar-refractivity contribution >= 4 is 22.5 Å². The molecule has 0 spiro atoms. The minimum absolute atomic E-state index is 0.707. The van der Waals surface area contributed by atoms with E-state index in [0.717, 1.165) is 40.8 Å². The van der Waals surface area contributed by atoms with Crippen molar-refractivity contribution in [3.63, 3.8) is 0 Å². The van der Waals surface area contributed by atoms with Gasteiger partial charge in [-0.15, -0.1) is 5.10 Å². The molecule has 1 N–H and O–H groups in total. The van der Waals surface area contributed by atoms with Gasteiger partial charge in [0.15, 0.2) is 5.65 Å². The number of hydrogen-bond acceptors (Lipinski definition) is 5. The number of fused-ring (bicyclic) bond motifs is 3. The van der Waals surface area contributed by atoms with Crippen LogP contribution >= 0.6 is 0 Å². The average Bonchev–Trinajstić information content (AvgIpc) is 3.15. The van der Waals surface area contributed by atoms with Crippen molar-refractivity contribution in [3.05, 3.63) is 65.5 Å². The topological polar surface area (TPSA) is 58.4 Å². The Morgan fingerprint density at radius 2 is 1.83 bits per heavy atom. The largest absolute Gasteiger partial charge is 0.350 e. The van der Waals surface area contributed by atoms with Crippen LogP contribution in [0.5, 0.6) is 0 Å². The Balaban J connectivity index is 1.42. The number of hydrogen-bond donors (Lipinski definition) is 1. The molecule has 2 aromatic carbocycles. The summed E-state index contributed by atoms with van der Waals surface area (Å²) in [7, 11) is 0. The molecule has 4 aromatic rings. The van der Waals surface area contributed by atoms with Gasteiger partial charge in [-0.25, -0.2) is 9.97 Å². The summed E-state index contributed by atoms with van der Waals surface area (Å²) >= 11 is 0. The lowest BCUT2D eigenvalue weighted by Gasteiger charge is -2.31. The van der Waals surface area contributed by atoms with Crippen molar-refractivity contribution in [1.82, 2.24) is 24.5 Å². The summed E-state index contributed by atoms with van der Waals surface area (Å²) in [6, 6.07) is 16.8. The van der Waals surface area contributed by atoms with E-state index in [1.54, 1.807) is 0 Å². The molecule has 1 unspecified atom stereocenters. The molecular weight excluding hydrogens is 372 g/mol. The summed E-state index contributed by atoms with van der Waals surface area (Å²) in [4.78, 5) is 12.0. The van der Waals surface area contributed by atoms with Gasteiger partial charge in [0.25, 0.3) is 0 Å². The number of piperidine rings is 1. The van der Waals surface area contributed by atoms with Crippen LogP contribution in [0, 0.1) is 12.8 Å².